The quantitative estimate of drug-likeness (QED) is 0.475. The number of hydrogen-bond donors (Lipinski definition) is 2. The third-order valence-electron chi connectivity index (χ3n) is 4.49. The smallest absolute Gasteiger partial charge is 0.387 e. The fraction of sp³-hybridized carbons (Fsp3) is 0.0909. The number of aromatic hydroxyl groups is 1. The molecule has 0 bridgehead atoms. The molecule has 0 spiro atoms. The normalized spacial score (nSPS) is 12.1. The molecule has 146 valence electrons. The predicted molar refractivity (Wildman–Crippen MR) is 106 cm³/mol. The van der Waals surface area contributed by atoms with E-state index in [2.05, 4.69) is 20.0 Å². The number of alkyl halides is 2. The summed E-state index contributed by atoms with van der Waals surface area (Å²) in [6.07, 6.45) is 3.27. The lowest BCUT2D eigenvalue weighted by atomic mass is 9.96. The number of benzene rings is 2. The number of hydrogen-bond acceptors (Lipinski definition) is 5. The highest BCUT2D eigenvalue weighted by atomic mass is 19.3. The molecular weight excluding hydrogens is 376 g/mol. The Kier molecular flexibility index (Phi) is 5.20. The molecule has 2 N–H and O–H groups in total. The second kappa shape index (κ2) is 8.10. The van der Waals surface area contributed by atoms with Crippen LogP contribution in [0.2, 0.25) is 0 Å². The lowest BCUT2D eigenvalue weighted by Crippen LogP contribution is -2.14. The maximum atomic E-state index is 12.5. The molecule has 29 heavy (non-hydrogen) atoms. The maximum Gasteiger partial charge on any atom is 0.387 e. The molecule has 1 unspecified atom stereocenters. The first-order chi connectivity index (χ1) is 14.1. The average molecular weight is 393 g/mol. The molecule has 0 saturated heterocycles. The van der Waals surface area contributed by atoms with E-state index < -0.39 is 12.7 Å². The van der Waals surface area contributed by atoms with E-state index in [-0.39, 0.29) is 11.5 Å². The van der Waals surface area contributed by atoms with E-state index in [0.717, 1.165) is 10.9 Å². The standard InChI is InChI=1S/C22H17F2N3O2/c23-22(24)29-16-9-6-15(7-10-16)19(27-18-5-1-2-12-25-18)17-11-8-14-4-3-13-26-20(14)21(17)28/h1-13,19,22,28H,(H,25,27). The number of pyridine rings is 2. The molecule has 0 radical (unpaired) electrons. The number of phenols is 1. The number of anilines is 1. The van der Waals surface area contributed by atoms with E-state index in [1.165, 1.54) is 12.1 Å². The lowest BCUT2D eigenvalue weighted by molar-refractivity contribution is -0.0498. The van der Waals surface area contributed by atoms with Crippen molar-refractivity contribution in [2.45, 2.75) is 12.7 Å². The Hall–Kier alpha value is -3.74. The number of phenolic OH excluding ortho intramolecular Hbond substituents is 1. The molecular formula is C22H17F2N3O2. The summed E-state index contributed by atoms with van der Waals surface area (Å²) in [5.41, 5.74) is 1.81. The summed E-state index contributed by atoms with van der Waals surface area (Å²) in [5.74, 6) is 0.708. The SMILES string of the molecule is Oc1c(C(Nc2ccccn2)c2ccc(OC(F)F)cc2)ccc2cccnc12. The molecule has 0 amide bonds. The van der Waals surface area contributed by atoms with Gasteiger partial charge in [0, 0.05) is 23.3 Å². The minimum Gasteiger partial charge on any atom is -0.505 e. The second-order valence-electron chi connectivity index (χ2n) is 6.32. The predicted octanol–water partition coefficient (Wildman–Crippen LogP) is 5.14. The highest BCUT2D eigenvalue weighted by Gasteiger charge is 2.20. The van der Waals surface area contributed by atoms with Gasteiger partial charge < -0.3 is 15.2 Å². The lowest BCUT2D eigenvalue weighted by Gasteiger charge is -2.22. The van der Waals surface area contributed by atoms with Crippen molar-refractivity contribution in [3.8, 4) is 11.5 Å². The largest absolute Gasteiger partial charge is 0.505 e. The number of nitrogens with zero attached hydrogens (tertiary/aromatic N) is 2. The first kappa shape index (κ1) is 18.6. The Morgan fingerprint density at radius 3 is 2.38 bits per heavy atom. The van der Waals surface area contributed by atoms with Crippen LogP contribution < -0.4 is 10.1 Å². The van der Waals surface area contributed by atoms with Crippen molar-refractivity contribution in [3.63, 3.8) is 0 Å². The summed E-state index contributed by atoms with van der Waals surface area (Å²) in [6.45, 7) is -2.89. The summed E-state index contributed by atoms with van der Waals surface area (Å²) in [7, 11) is 0. The van der Waals surface area contributed by atoms with Crippen LogP contribution in [-0.2, 0) is 0 Å². The molecule has 2 aromatic heterocycles. The van der Waals surface area contributed by atoms with Gasteiger partial charge in [-0.1, -0.05) is 36.4 Å². The van der Waals surface area contributed by atoms with Crippen LogP contribution >= 0.6 is 0 Å². The molecule has 0 aliphatic heterocycles. The van der Waals surface area contributed by atoms with Crippen LogP contribution in [0.3, 0.4) is 0 Å². The molecule has 4 aromatic rings. The number of nitrogens with one attached hydrogen (secondary N) is 1. The number of fused-ring (bicyclic) bond motifs is 1. The van der Waals surface area contributed by atoms with Gasteiger partial charge in [0.25, 0.3) is 0 Å². The molecule has 2 aromatic carbocycles. The molecule has 0 aliphatic rings. The van der Waals surface area contributed by atoms with Crippen LogP contribution in [0.15, 0.2) is 79.1 Å². The molecule has 0 fully saturated rings. The third-order valence-corrected chi connectivity index (χ3v) is 4.49. The van der Waals surface area contributed by atoms with Crippen molar-refractivity contribution in [1.82, 2.24) is 9.97 Å². The second-order valence-corrected chi connectivity index (χ2v) is 6.32. The third kappa shape index (κ3) is 4.08. The Balaban J connectivity index is 1.77. The van der Waals surface area contributed by atoms with Gasteiger partial charge in [-0.2, -0.15) is 8.78 Å². The van der Waals surface area contributed by atoms with Crippen molar-refractivity contribution >= 4 is 16.7 Å². The van der Waals surface area contributed by atoms with Crippen LogP contribution in [0.4, 0.5) is 14.6 Å². The van der Waals surface area contributed by atoms with Crippen LogP contribution in [0, 0.1) is 0 Å². The zero-order valence-electron chi connectivity index (χ0n) is 15.2. The molecule has 1 atom stereocenters. The van der Waals surface area contributed by atoms with E-state index in [1.54, 1.807) is 42.7 Å². The monoisotopic (exact) mass is 393 g/mol. The summed E-state index contributed by atoms with van der Waals surface area (Å²) in [5, 5.41) is 15.0. The summed E-state index contributed by atoms with van der Waals surface area (Å²) in [6, 6.07) is 18.6. The fourth-order valence-corrected chi connectivity index (χ4v) is 3.16. The van der Waals surface area contributed by atoms with E-state index in [9.17, 15) is 13.9 Å². The highest BCUT2D eigenvalue weighted by molar-refractivity contribution is 5.86. The zero-order valence-corrected chi connectivity index (χ0v) is 15.2. The number of aromatic nitrogens is 2. The molecule has 0 saturated carbocycles. The first-order valence-electron chi connectivity index (χ1n) is 8.91. The fourth-order valence-electron chi connectivity index (χ4n) is 3.16. The average Bonchev–Trinajstić information content (AvgIpc) is 2.74. The van der Waals surface area contributed by atoms with E-state index >= 15 is 0 Å². The van der Waals surface area contributed by atoms with Gasteiger partial charge in [-0.25, -0.2) is 4.98 Å². The Labute approximate surface area is 165 Å². The van der Waals surface area contributed by atoms with Gasteiger partial charge in [0.05, 0.1) is 6.04 Å². The minimum atomic E-state index is -2.89. The molecule has 4 rings (SSSR count). The van der Waals surface area contributed by atoms with Crippen molar-refractivity contribution in [3.05, 3.63) is 90.3 Å². The van der Waals surface area contributed by atoms with Crippen molar-refractivity contribution < 1.29 is 18.6 Å². The van der Waals surface area contributed by atoms with Crippen molar-refractivity contribution in [1.29, 1.82) is 0 Å². The van der Waals surface area contributed by atoms with E-state index in [0.29, 0.717) is 16.9 Å². The van der Waals surface area contributed by atoms with Crippen LogP contribution in [0.1, 0.15) is 17.2 Å². The molecule has 5 nitrogen and oxygen atoms in total. The molecule has 2 heterocycles. The molecule has 7 heteroatoms. The Morgan fingerprint density at radius 1 is 0.862 bits per heavy atom. The van der Waals surface area contributed by atoms with Crippen LogP contribution in [-0.4, -0.2) is 21.7 Å². The molecule has 0 aliphatic carbocycles. The maximum absolute atomic E-state index is 12.5. The zero-order chi connectivity index (χ0) is 20.2. The van der Waals surface area contributed by atoms with Crippen LogP contribution in [0.25, 0.3) is 10.9 Å². The number of rotatable bonds is 6. The van der Waals surface area contributed by atoms with Crippen LogP contribution in [0.5, 0.6) is 11.5 Å². The van der Waals surface area contributed by atoms with Crippen molar-refractivity contribution in [2.24, 2.45) is 0 Å². The van der Waals surface area contributed by atoms with Gasteiger partial charge in [-0.15, -0.1) is 0 Å². The number of halogens is 2. The van der Waals surface area contributed by atoms with Gasteiger partial charge in [-0.3, -0.25) is 4.98 Å². The first-order valence-corrected chi connectivity index (χ1v) is 8.91. The van der Waals surface area contributed by atoms with E-state index in [1.807, 2.05) is 24.3 Å². The van der Waals surface area contributed by atoms with Gasteiger partial charge in [0.1, 0.15) is 22.8 Å². The Morgan fingerprint density at radius 2 is 1.66 bits per heavy atom. The summed E-state index contributed by atoms with van der Waals surface area (Å²) >= 11 is 0. The minimum absolute atomic E-state index is 0.0458. The summed E-state index contributed by atoms with van der Waals surface area (Å²) < 4.78 is 29.3. The number of ether oxygens (including phenoxy) is 1. The van der Waals surface area contributed by atoms with Gasteiger partial charge in [-0.05, 0) is 35.9 Å². The highest BCUT2D eigenvalue weighted by Crippen LogP contribution is 2.36. The summed E-state index contributed by atoms with van der Waals surface area (Å²) in [4.78, 5) is 8.56. The van der Waals surface area contributed by atoms with Gasteiger partial charge in [0.15, 0.2) is 0 Å². The topological polar surface area (TPSA) is 67.3 Å². The Bertz CT molecular complexity index is 1110. The van der Waals surface area contributed by atoms with Gasteiger partial charge in [0.2, 0.25) is 0 Å². The van der Waals surface area contributed by atoms with E-state index in [4.69, 9.17) is 0 Å². The van der Waals surface area contributed by atoms with Gasteiger partial charge >= 0.3 is 6.61 Å². The van der Waals surface area contributed by atoms with Crippen molar-refractivity contribution in [2.75, 3.05) is 5.32 Å².